The first-order valence-electron chi connectivity index (χ1n) is 4.49. The van der Waals surface area contributed by atoms with E-state index in [1.807, 2.05) is 26.2 Å². The highest BCUT2D eigenvalue weighted by atomic mass is 16.6. The van der Waals surface area contributed by atoms with E-state index in [0.29, 0.717) is 6.61 Å². The molecule has 0 spiro atoms. The molecule has 0 amide bonds. The molecule has 0 atom stereocenters. The summed E-state index contributed by atoms with van der Waals surface area (Å²) in [6, 6.07) is 8.26. The van der Waals surface area contributed by atoms with Crippen LogP contribution in [0.5, 0.6) is 0 Å². The number of hydrogen-bond donors (Lipinski definition) is 1. The average Bonchev–Trinajstić information content (AvgIpc) is 2.19. The molecule has 0 saturated heterocycles. The molecule has 14 heavy (non-hydrogen) atoms. The first-order chi connectivity index (χ1) is 6.74. The van der Waals surface area contributed by atoms with Gasteiger partial charge in [-0.05, 0) is 17.7 Å². The average molecular weight is 192 g/mol. The Bertz CT molecular complexity index is 291. The van der Waals surface area contributed by atoms with Gasteiger partial charge in [-0.2, -0.15) is 0 Å². The Labute approximate surface area is 84.7 Å². The summed E-state index contributed by atoms with van der Waals surface area (Å²) in [5.41, 5.74) is 2.34. The molecule has 0 aliphatic rings. The van der Waals surface area contributed by atoms with Crippen molar-refractivity contribution in [3.8, 4) is 0 Å². The van der Waals surface area contributed by atoms with Crippen LogP contribution in [-0.2, 0) is 4.84 Å². The van der Waals surface area contributed by atoms with Crippen molar-refractivity contribution < 1.29 is 4.84 Å². The highest BCUT2D eigenvalue weighted by molar-refractivity contribution is 5.55. The Kier molecular flexibility index (Phi) is 4.16. The Morgan fingerprint density at radius 2 is 1.93 bits per heavy atom. The van der Waals surface area contributed by atoms with Crippen LogP contribution in [0.4, 0.5) is 5.69 Å². The molecule has 1 aromatic rings. The summed E-state index contributed by atoms with van der Waals surface area (Å²) in [6.07, 6.45) is 3.86. The van der Waals surface area contributed by atoms with Crippen LogP contribution < -0.4 is 10.8 Å². The van der Waals surface area contributed by atoms with E-state index in [1.54, 1.807) is 0 Å². The lowest BCUT2D eigenvalue weighted by Gasteiger charge is -2.11. The van der Waals surface area contributed by atoms with E-state index in [4.69, 9.17) is 5.90 Å². The third kappa shape index (κ3) is 3.20. The van der Waals surface area contributed by atoms with Gasteiger partial charge in [0.1, 0.15) is 0 Å². The van der Waals surface area contributed by atoms with Gasteiger partial charge in [0.2, 0.25) is 0 Å². The summed E-state index contributed by atoms with van der Waals surface area (Å²) in [7, 11) is 4.04. The monoisotopic (exact) mass is 192 g/mol. The minimum absolute atomic E-state index is 0.440. The van der Waals surface area contributed by atoms with Crippen molar-refractivity contribution in [2.45, 2.75) is 0 Å². The second-order valence-electron chi connectivity index (χ2n) is 3.22. The van der Waals surface area contributed by atoms with E-state index < -0.39 is 0 Å². The number of anilines is 1. The normalized spacial score (nSPS) is 10.8. The molecule has 0 fully saturated rings. The lowest BCUT2D eigenvalue weighted by atomic mass is 10.2. The lowest BCUT2D eigenvalue weighted by molar-refractivity contribution is 0.168. The minimum atomic E-state index is 0.440. The zero-order valence-electron chi connectivity index (χ0n) is 8.60. The third-order valence-corrected chi connectivity index (χ3v) is 1.91. The summed E-state index contributed by atoms with van der Waals surface area (Å²) < 4.78 is 0. The number of rotatable bonds is 4. The van der Waals surface area contributed by atoms with Crippen LogP contribution in [0.2, 0.25) is 0 Å². The largest absolute Gasteiger partial charge is 0.378 e. The highest BCUT2D eigenvalue weighted by Crippen LogP contribution is 2.12. The van der Waals surface area contributed by atoms with Crippen LogP contribution in [0.3, 0.4) is 0 Å². The van der Waals surface area contributed by atoms with Gasteiger partial charge in [-0.25, -0.2) is 5.90 Å². The molecule has 1 rings (SSSR count). The van der Waals surface area contributed by atoms with Crippen LogP contribution in [0.15, 0.2) is 30.3 Å². The van der Waals surface area contributed by atoms with Crippen molar-refractivity contribution in [2.24, 2.45) is 5.90 Å². The molecule has 0 heterocycles. The number of benzene rings is 1. The van der Waals surface area contributed by atoms with Gasteiger partial charge in [0, 0.05) is 19.8 Å². The molecular weight excluding hydrogens is 176 g/mol. The van der Waals surface area contributed by atoms with E-state index in [0.717, 1.165) is 5.56 Å². The van der Waals surface area contributed by atoms with Crippen LogP contribution in [0.1, 0.15) is 5.56 Å². The molecule has 0 aliphatic heterocycles. The topological polar surface area (TPSA) is 38.5 Å². The molecule has 0 radical (unpaired) electrons. The first-order valence-corrected chi connectivity index (χ1v) is 4.49. The predicted molar refractivity (Wildman–Crippen MR) is 59.9 cm³/mol. The van der Waals surface area contributed by atoms with Crippen molar-refractivity contribution in [1.82, 2.24) is 0 Å². The summed E-state index contributed by atoms with van der Waals surface area (Å²) in [5, 5.41) is 0. The molecule has 3 nitrogen and oxygen atoms in total. The fourth-order valence-electron chi connectivity index (χ4n) is 1.12. The molecule has 0 aromatic heterocycles. The van der Waals surface area contributed by atoms with Gasteiger partial charge < -0.3 is 9.74 Å². The third-order valence-electron chi connectivity index (χ3n) is 1.91. The quantitative estimate of drug-likeness (QED) is 0.737. The summed E-state index contributed by atoms with van der Waals surface area (Å²) in [6.45, 7) is 0.440. The maximum absolute atomic E-state index is 4.90. The van der Waals surface area contributed by atoms with Crippen molar-refractivity contribution >= 4 is 11.8 Å². The van der Waals surface area contributed by atoms with E-state index in [1.165, 1.54) is 5.69 Å². The van der Waals surface area contributed by atoms with Crippen molar-refractivity contribution in [2.75, 3.05) is 25.6 Å². The van der Waals surface area contributed by atoms with Crippen molar-refractivity contribution in [3.05, 3.63) is 35.9 Å². The van der Waals surface area contributed by atoms with E-state index in [9.17, 15) is 0 Å². The van der Waals surface area contributed by atoms with Crippen LogP contribution in [0, 0.1) is 0 Å². The van der Waals surface area contributed by atoms with E-state index in [-0.39, 0.29) is 0 Å². The second-order valence-corrected chi connectivity index (χ2v) is 3.22. The minimum Gasteiger partial charge on any atom is -0.378 e. The van der Waals surface area contributed by atoms with Gasteiger partial charge in [0.05, 0.1) is 6.61 Å². The zero-order chi connectivity index (χ0) is 10.4. The molecule has 76 valence electrons. The fourth-order valence-corrected chi connectivity index (χ4v) is 1.12. The first kappa shape index (κ1) is 10.8. The Morgan fingerprint density at radius 3 is 2.43 bits per heavy atom. The van der Waals surface area contributed by atoms with Crippen LogP contribution >= 0.6 is 0 Å². The lowest BCUT2D eigenvalue weighted by Crippen LogP contribution is -2.07. The molecule has 0 saturated carbocycles. The maximum Gasteiger partial charge on any atom is 0.0864 e. The Balaban J connectivity index is 2.64. The molecule has 0 aliphatic carbocycles. The molecular formula is C11H16N2O. The molecule has 0 unspecified atom stereocenters. The van der Waals surface area contributed by atoms with Gasteiger partial charge in [-0.3, -0.25) is 0 Å². The standard InChI is InChI=1S/C11H16N2O/c1-13(2)11-7-5-10(6-8-11)4-3-9-14-12/h3-8H,9,12H2,1-2H3/b4-3+. The SMILES string of the molecule is CN(C)c1ccc(/C=C/CON)cc1. The van der Waals surface area contributed by atoms with Crippen LogP contribution in [-0.4, -0.2) is 20.7 Å². The van der Waals surface area contributed by atoms with Crippen molar-refractivity contribution in [3.63, 3.8) is 0 Å². The van der Waals surface area contributed by atoms with Gasteiger partial charge in [-0.1, -0.05) is 24.3 Å². The summed E-state index contributed by atoms with van der Waals surface area (Å²) in [4.78, 5) is 6.50. The number of nitrogens with two attached hydrogens (primary N) is 1. The van der Waals surface area contributed by atoms with E-state index >= 15 is 0 Å². The van der Waals surface area contributed by atoms with E-state index in [2.05, 4.69) is 34.0 Å². The smallest absolute Gasteiger partial charge is 0.0864 e. The van der Waals surface area contributed by atoms with Gasteiger partial charge in [0.15, 0.2) is 0 Å². The zero-order valence-corrected chi connectivity index (χ0v) is 8.60. The highest BCUT2D eigenvalue weighted by Gasteiger charge is 1.92. The van der Waals surface area contributed by atoms with Gasteiger partial charge >= 0.3 is 0 Å². The predicted octanol–water partition coefficient (Wildman–Crippen LogP) is 1.66. The maximum atomic E-state index is 4.90. The second kappa shape index (κ2) is 5.42. The Hall–Kier alpha value is -1.32. The number of nitrogens with zero attached hydrogens (tertiary/aromatic N) is 1. The molecule has 1 aromatic carbocycles. The molecule has 3 heteroatoms. The summed E-state index contributed by atoms with van der Waals surface area (Å²) in [5.74, 6) is 4.90. The van der Waals surface area contributed by atoms with Crippen molar-refractivity contribution in [1.29, 1.82) is 0 Å². The number of hydrogen-bond acceptors (Lipinski definition) is 3. The van der Waals surface area contributed by atoms with Gasteiger partial charge in [-0.15, -0.1) is 0 Å². The fraction of sp³-hybridized carbons (Fsp3) is 0.273. The summed E-state index contributed by atoms with van der Waals surface area (Å²) >= 11 is 0. The van der Waals surface area contributed by atoms with Gasteiger partial charge in [0.25, 0.3) is 0 Å². The molecule has 0 bridgehead atoms. The molecule has 2 N–H and O–H groups in total. The Morgan fingerprint density at radius 1 is 1.29 bits per heavy atom. The van der Waals surface area contributed by atoms with Crippen LogP contribution in [0.25, 0.3) is 6.08 Å².